The highest BCUT2D eigenvalue weighted by Gasteiger charge is 2.31. The number of methoxy groups -OCH3 is 1. The number of hydrogen-bond donors (Lipinski definition) is 2. The fourth-order valence-corrected chi connectivity index (χ4v) is 3.71. The zero-order valence-electron chi connectivity index (χ0n) is 21.1. The molecule has 1 aromatic heterocycles. The van der Waals surface area contributed by atoms with Crippen LogP contribution in [0.4, 0.5) is 24.5 Å². The van der Waals surface area contributed by atoms with Crippen molar-refractivity contribution in [3.63, 3.8) is 0 Å². The molecular formula is C28H27F3N4O3. The van der Waals surface area contributed by atoms with Gasteiger partial charge in [-0.05, 0) is 61.9 Å². The van der Waals surface area contributed by atoms with E-state index in [9.17, 15) is 18.0 Å². The van der Waals surface area contributed by atoms with Gasteiger partial charge < -0.3 is 24.7 Å². The van der Waals surface area contributed by atoms with Crippen LogP contribution >= 0.6 is 0 Å². The molecule has 1 heterocycles. The minimum absolute atomic E-state index is 0.220. The van der Waals surface area contributed by atoms with Crippen LogP contribution in [-0.4, -0.2) is 29.2 Å². The number of amides is 1. The Hall–Kier alpha value is -4.47. The highest BCUT2D eigenvalue weighted by Crippen LogP contribution is 2.34. The topological polar surface area (TPSA) is 77.4 Å². The van der Waals surface area contributed by atoms with E-state index in [1.807, 2.05) is 19.1 Å². The third kappa shape index (κ3) is 6.84. The molecule has 4 aromatic rings. The first kappa shape index (κ1) is 26.6. The Kier molecular flexibility index (Phi) is 7.90. The van der Waals surface area contributed by atoms with Gasteiger partial charge in [-0.2, -0.15) is 13.2 Å². The summed E-state index contributed by atoms with van der Waals surface area (Å²) in [6.07, 6.45) is -1.38. The predicted molar refractivity (Wildman–Crippen MR) is 139 cm³/mol. The molecule has 7 nitrogen and oxygen atoms in total. The summed E-state index contributed by atoms with van der Waals surface area (Å²) in [5, 5.41) is 5.81. The van der Waals surface area contributed by atoms with Crippen molar-refractivity contribution >= 4 is 17.3 Å². The number of ether oxygens (including phenoxy) is 2. The Morgan fingerprint density at radius 3 is 2.39 bits per heavy atom. The number of benzene rings is 3. The van der Waals surface area contributed by atoms with Crippen LogP contribution in [0.2, 0.25) is 0 Å². The fourth-order valence-electron chi connectivity index (χ4n) is 3.71. The maximum absolute atomic E-state index is 13.5. The van der Waals surface area contributed by atoms with Crippen LogP contribution in [0.1, 0.15) is 22.4 Å². The van der Waals surface area contributed by atoms with Crippen molar-refractivity contribution in [1.29, 1.82) is 0 Å². The number of carbonyl (C=O) groups is 1. The van der Waals surface area contributed by atoms with Gasteiger partial charge in [0.1, 0.15) is 0 Å². The average Bonchev–Trinajstić information content (AvgIpc) is 3.33. The van der Waals surface area contributed by atoms with Crippen molar-refractivity contribution in [3.05, 3.63) is 95.6 Å². The zero-order valence-corrected chi connectivity index (χ0v) is 21.1. The number of alkyl halides is 3. The van der Waals surface area contributed by atoms with Crippen LogP contribution in [0.5, 0.6) is 11.5 Å². The molecule has 0 bridgehead atoms. The summed E-state index contributed by atoms with van der Waals surface area (Å²) >= 11 is 0. The minimum Gasteiger partial charge on any atom is -0.493 e. The second-order valence-corrected chi connectivity index (χ2v) is 8.73. The van der Waals surface area contributed by atoms with Gasteiger partial charge in [-0.15, -0.1) is 0 Å². The maximum atomic E-state index is 13.5. The van der Waals surface area contributed by atoms with Crippen molar-refractivity contribution < 1.29 is 27.4 Å². The molecule has 1 amide bonds. The lowest BCUT2D eigenvalue weighted by atomic mass is 10.1. The van der Waals surface area contributed by atoms with E-state index in [-0.39, 0.29) is 19.1 Å². The molecule has 0 radical (unpaired) electrons. The standard InChI is InChI=1S/C28H27F3N4O3/c1-18-4-7-22(8-5-18)34-27(36)16-38-25-9-6-20(10-26(25)37-3)14-32-23-11-21(28(29,30)31)12-24(13-23)35-15-19(2)33-17-35/h4-13,15,17,32H,14,16H2,1-3H3,(H,34,36). The Balaban J connectivity index is 1.43. The summed E-state index contributed by atoms with van der Waals surface area (Å²) in [6, 6.07) is 16.3. The van der Waals surface area contributed by atoms with Gasteiger partial charge >= 0.3 is 6.18 Å². The fraction of sp³-hybridized carbons (Fsp3) is 0.214. The summed E-state index contributed by atoms with van der Waals surface area (Å²) in [5.74, 6) is 0.438. The van der Waals surface area contributed by atoms with Crippen LogP contribution in [0.15, 0.2) is 73.2 Å². The van der Waals surface area contributed by atoms with Gasteiger partial charge in [0.2, 0.25) is 0 Å². The molecule has 38 heavy (non-hydrogen) atoms. The van der Waals surface area contributed by atoms with Gasteiger partial charge in [0, 0.05) is 29.8 Å². The Morgan fingerprint density at radius 2 is 1.74 bits per heavy atom. The molecule has 198 valence electrons. The number of carbonyl (C=O) groups excluding carboxylic acids is 1. The van der Waals surface area contributed by atoms with Crippen molar-refractivity contribution in [2.24, 2.45) is 0 Å². The number of halogens is 3. The predicted octanol–water partition coefficient (Wildman–Crippen LogP) is 6.15. The first-order valence-corrected chi connectivity index (χ1v) is 11.7. The highest BCUT2D eigenvalue weighted by molar-refractivity contribution is 5.91. The first-order chi connectivity index (χ1) is 18.1. The molecule has 0 aliphatic carbocycles. The normalized spacial score (nSPS) is 11.2. The summed E-state index contributed by atoms with van der Waals surface area (Å²) in [4.78, 5) is 16.3. The molecule has 10 heteroatoms. The third-order valence-electron chi connectivity index (χ3n) is 5.67. The molecule has 0 fully saturated rings. The molecular weight excluding hydrogens is 497 g/mol. The molecule has 2 N–H and O–H groups in total. The van der Waals surface area contributed by atoms with Gasteiger partial charge in [0.25, 0.3) is 5.91 Å². The molecule has 0 saturated carbocycles. The van der Waals surface area contributed by atoms with E-state index >= 15 is 0 Å². The van der Waals surface area contributed by atoms with E-state index in [1.54, 1.807) is 54.1 Å². The number of nitrogens with one attached hydrogen (secondary N) is 2. The molecule has 4 rings (SSSR count). The first-order valence-electron chi connectivity index (χ1n) is 11.7. The second-order valence-electron chi connectivity index (χ2n) is 8.73. The highest BCUT2D eigenvalue weighted by atomic mass is 19.4. The molecule has 0 atom stereocenters. The quantitative estimate of drug-likeness (QED) is 0.275. The average molecular weight is 525 g/mol. The van der Waals surface area contributed by atoms with Crippen molar-refractivity contribution in [3.8, 4) is 17.2 Å². The zero-order chi connectivity index (χ0) is 27.3. The van der Waals surface area contributed by atoms with Crippen LogP contribution in [0.3, 0.4) is 0 Å². The summed E-state index contributed by atoms with van der Waals surface area (Å²) in [6.45, 7) is 3.73. The second kappa shape index (κ2) is 11.3. The van der Waals surface area contributed by atoms with E-state index in [4.69, 9.17) is 9.47 Å². The van der Waals surface area contributed by atoms with Crippen molar-refractivity contribution in [2.45, 2.75) is 26.6 Å². The van der Waals surface area contributed by atoms with Gasteiger partial charge in [-0.3, -0.25) is 4.79 Å². The lowest BCUT2D eigenvalue weighted by Crippen LogP contribution is -2.20. The maximum Gasteiger partial charge on any atom is 0.416 e. The lowest BCUT2D eigenvalue weighted by Gasteiger charge is -2.15. The number of rotatable bonds is 9. The third-order valence-corrected chi connectivity index (χ3v) is 5.67. The van der Waals surface area contributed by atoms with E-state index in [1.165, 1.54) is 13.4 Å². The number of aryl methyl sites for hydroxylation is 2. The Morgan fingerprint density at radius 1 is 0.974 bits per heavy atom. The van der Waals surface area contributed by atoms with Crippen molar-refractivity contribution in [1.82, 2.24) is 9.55 Å². The number of imidazole rings is 1. The molecule has 0 spiro atoms. The van der Waals surface area contributed by atoms with E-state index < -0.39 is 11.7 Å². The van der Waals surface area contributed by atoms with Crippen LogP contribution < -0.4 is 20.1 Å². The molecule has 0 unspecified atom stereocenters. The van der Waals surface area contributed by atoms with Crippen LogP contribution in [0, 0.1) is 13.8 Å². The monoisotopic (exact) mass is 524 g/mol. The molecule has 0 saturated heterocycles. The Bertz CT molecular complexity index is 1420. The molecule has 0 aliphatic heterocycles. The lowest BCUT2D eigenvalue weighted by molar-refractivity contribution is -0.137. The minimum atomic E-state index is -4.50. The van der Waals surface area contributed by atoms with Crippen LogP contribution in [0.25, 0.3) is 5.69 Å². The SMILES string of the molecule is COc1cc(CNc2cc(-n3cnc(C)c3)cc(C(F)(F)F)c2)ccc1OCC(=O)Nc1ccc(C)cc1. The van der Waals surface area contributed by atoms with Gasteiger partial charge in [0.05, 0.1) is 24.7 Å². The summed E-state index contributed by atoms with van der Waals surface area (Å²) in [7, 11) is 1.47. The van der Waals surface area contributed by atoms with Crippen LogP contribution in [-0.2, 0) is 17.5 Å². The van der Waals surface area contributed by atoms with E-state index in [0.29, 0.717) is 34.3 Å². The van der Waals surface area contributed by atoms with Crippen molar-refractivity contribution in [2.75, 3.05) is 24.4 Å². The smallest absolute Gasteiger partial charge is 0.416 e. The molecule has 3 aromatic carbocycles. The number of anilines is 2. The Labute approximate surface area is 218 Å². The van der Waals surface area contributed by atoms with Gasteiger partial charge in [-0.1, -0.05) is 23.8 Å². The largest absolute Gasteiger partial charge is 0.493 e. The number of hydrogen-bond acceptors (Lipinski definition) is 5. The van der Waals surface area contributed by atoms with E-state index in [2.05, 4.69) is 15.6 Å². The number of aromatic nitrogens is 2. The summed E-state index contributed by atoms with van der Waals surface area (Å²) in [5.41, 5.74) is 3.06. The summed E-state index contributed by atoms with van der Waals surface area (Å²) < 4.78 is 53.2. The van der Waals surface area contributed by atoms with E-state index in [0.717, 1.165) is 23.3 Å². The molecule has 0 aliphatic rings. The van der Waals surface area contributed by atoms with Gasteiger partial charge in [-0.25, -0.2) is 4.98 Å². The number of nitrogens with zero attached hydrogens (tertiary/aromatic N) is 2. The van der Waals surface area contributed by atoms with Gasteiger partial charge in [0.15, 0.2) is 18.1 Å².